The maximum atomic E-state index is 3.49. The van der Waals surface area contributed by atoms with E-state index in [0.29, 0.717) is 6.04 Å². The summed E-state index contributed by atoms with van der Waals surface area (Å²) in [7, 11) is 0. The molecule has 20 heavy (non-hydrogen) atoms. The summed E-state index contributed by atoms with van der Waals surface area (Å²) >= 11 is 0. The second-order valence-electron chi connectivity index (χ2n) is 5.63. The number of unbranched alkanes of at least 4 members (excludes halogenated alkanes) is 2. The van der Waals surface area contributed by atoms with Crippen molar-refractivity contribution < 1.29 is 0 Å². The minimum atomic E-state index is 0.654. The summed E-state index contributed by atoms with van der Waals surface area (Å²) in [4.78, 5) is 2.54. The highest BCUT2D eigenvalue weighted by Gasteiger charge is 2.06. The van der Waals surface area contributed by atoms with Crippen LogP contribution in [-0.4, -0.2) is 25.7 Å². The SMILES string of the molecule is CCCCN(CCCCC(C)NCC)c1ccccc1. The van der Waals surface area contributed by atoms with E-state index in [4.69, 9.17) is 0 Å². The van der Waals surface area contributed by atoms with E-state index in [0.717, 1.165) is 6.54 Å². The first-order chi connectivity index (χ1) is 9.77. The van der Waals surface area contributed by atoms with Gasteiger partial charge in [-0.1, -0.05) is 44.9 Å². The summed E-state index contributed by atoms with van der Waals surface area (Å²) in [5.74, 6) is 0. The summed E-state index contributed by atoms with van der Waals surface area (Å²) < 4.78 is 0. The molecule has 0 saturated heterocycles. The third-order valence-corrected chi connectivity index (χ3v) is 3.77. The first-order valence-corrected chi connectivity index (χ1v) is 8.31. The quantitative estimate of drug-likeness (QED) is 0.600. The number of hydrogen-bond acceptors (Lipinski definition) is 2. The number of benzene rings is 1. The number of para-hydroxylation sites is 1. The van der Waals surface area contributed by atoms with Crippen molar-refractivity contribution in [2.75, 3.05) is 24.5 Å². The van der Waals surface area contributed by atoms with Gasteiger partial charge in [0.15, 0.2) is 0 Å². The maximum absolute atomic E-state index is 3.49. The van der Waals surface area contributed by atoms with Crippen LogP contribution in [0.25, 0.3) is 0 Å². The Morgan fingerprint density at radius 2 is 1.70 bits per heavy atom. The molecule has 1 aromatic carbocycles. The van der Waals surface area contributed by atoms with E-state index in [1.807, 2.05) is 0 Å². The fourth-order valence-electron chi connectivity index (χ4n) is 2.56. The zero-order valence-corrected chi connectivity index (χ0v) is 13.6. The molecule has 0 aliphatic carbocycles. The van der Waals surface area contributed by atoms with Crippen LogP contribution < -0.4 is 10.2 Å². The van der Waals surface area contributed by atoms with E-state index >= 15 is 0 Å². The molecule has 0 bridgehead atoms. The monoisotopic (exact) mass is 276 g/mol. The molecule has 1 atom stereocenters. The lowest BCUT2D eigenvalue weighted by atomic mass is 10.1. The van der Waals surface area contributed by atoms with Crippen molar-refractivity contribution in [3.8, 4) is 0 Å². The standard InChI is InChI=1S/C18H32N2/c1-4-6-15-20(18-13-8-7-9-14-18)16-11-10-12-17(3)19-5-2/h7-9,13-14,17,19H,4-6,10-12,15-16H2,1-3H3. The van der Waals surface area contributed by atoms with Crippen LogP contribution in [0.3, 0.4) is 0 Å². The van der Waals surface area contributed by atoms with Gasteiger partial charge in [-0.2, -0.15) is 0 Å². The Bertz CT molecular complexity index is 323. The van der Waals surface area contributed by atoms with Crippen LogP contribution in [0.4, 0.5) is 5.69 Å². The van der Waals surface area contributed by atoms with Crippen LogP contribution in [0.5, 0.6) is 0 Å². The molecule has 0 aliphatic heterocycles. The molecule has 0 aromatic heterocycles. The van der Waals surface area contributed by atoms with Crippen molar-refractivity contribution in [3.05, 3.63) is 30.3 Å². The minimum Gasteiger partial charge on any atom is -0.372 e. The van der Waals surface area contributed by atoms with E-state index in [9.17, 15) is 0 Å². The molecule has 0 heterocycles. The molecule has 1 rings (SSSR count). The van der Waals surface area contributed by atoms with E-state index in [1.54, 1.807) is 0 Å². The van der Waals surface area contributed by atoms with Crippen LogP contribution in [0.2, 0.25) is 0 Å². The third kappa shape index (κ3) is 6.95. The Kier molecular flexibility index (Phi) is 9.14. The first-order valence-electron chi connectivity index (χ1n) is 8.31. The molecule has 0 fully saturated rings. The molecule has 0 aliphatic rings. The Hall–Kier alpha value is -1.02. The van der Waals surface area contributed by atoms with Crippen molar-refractivity contribution in [3.63, 3.8) is 0 Å². The van der Waals surface area contributed by atoms with Gasteiger partial charge >= 0.3 is 0 Å². The average Bonchev–Trinajstić information content (AvgIpc) is 2.47. The number of anilines is 1. The summed E-state index contributed by atoms with van der Waals surface area (Å²) in [6.07, 6.45) is 6.42. The molecule has 2 nitrogen and oxygen atoms in total. The summed E-state index contributed by atoms with van der Waals surface area (Å²) in [6, 6.07) is 11.5. The lowest BCUT2D eigenvalue weighted by Gasteiger charge is -2.25. The normalized spacial score (nSPS) is 12.3. The molecule has 1 aromatic rings. The van der Waals surface area contributed by atoms with E-state index < -0.39 is 0 Å². The molecule has 114 valence electrons. The Morgan fingerprint density at radius 3 is 2.35 bits per heavy atom. The van der Waals surface area contributed by atoms with Gasteiger partial charge in [0.2, 0.25) is 0 Å². The summed E-state index contributed by atoms with van der Waals surface area (Å²) in [5.41, 5.74) is 1.38. The van der Waals surface area contributed by atoms with Crippen LogP contribution in [0, 0.1) is 0 Å². The predicted molar refractivity (Wildman–Crippen MR) is 90.6 cm³/mol. The van der Waals surface area contributed by atoms with Gasteiger partial charge in [0.1, 0.15) is 0 Å². The van der Waals surface area contributed by atoms with Crippen molar-refractivity contribution in [1.29, 1.82) is 0 Å². The number of nitrogens with one attached hydrogen (secondary N) is 1. The summed E-state index contributed by atoms with van der Waals surface area (Å²) in [5, 5.41) is 3.49. The lowest BCUT2D eigenvalue weighted by molar-refractivity contribution is 0.500. The van der Waals surface area contributed by atoms with Crippen LogP contribution in [0.1, 0.15) is 52.9 Å². The van der Waals surface area contributed by atoms with Crippen LogP contribution in [0.15, 0.2) is 30.3 Å². The molecule has 1 unspecified atom stereocenters. The predicted octanol–water partition coefficient (Wildman–Crippen LogP) is 4.46. The molecule has 2 heteroatoms. The molecular weight excluding hydrogens is 244 g/mol. The van der Waals surface area contributed by atoms with Crippen molar-refractivity contribution >= 4 is 5.69 Å². The van der Waals surface area contributed by atoms with E-state index in [1.165, 1.54) is 50.9 Å². The molecule has 0 radical (unpaired) electrons. The zero-order chi connectivity index (χ0) is 14.6. The minimum absolute atomic E-state index is 0.654. The van der Waals surface area contributed by atoms with Gasteiger partial charge in [-0.25, -0.2) is 0 Å². The second-order valence-corrected chi connectivity index (χ2v) is 5.63. The highest BCUT2D eigenvalue weighted by atomic mass is 15.1. The largest absolute Gasteiger partial charge is 0.372 e. The van der Waals surface area contributed by atoms with Gasteiger partial charge in [-0.05, 0) is 44.9 Å². The van der Waals surface area contributed by atoms with Crippen molar-refractivity contribution in [2.24, 2.45) is 0 Å². The maximum Gasteiger partial charge on any atom is 0.0366 e. The highest BCUT2D eigenvalue weighted by Crippen LogP contribution is 2.15. The van der Waals surface area contributed by atoms with E-state index in [2.05, 4.69) is 61.3 Å². The lowest BCUT2D eigenvalue weighted by Crippen LogP contribution is -2.27. The highest BCUT2D eigenvalue weighted by molar-refractivity contribution is 5.45. The van der Waals surface area contributed by atoms with Crippen LogP contribution >= 0.6 is 0 Å². The average molecular weight is 276 g/mol. The van der Waals surface area contributed by atoms with Gasteiger partial charge in [-0.15, -0.1) is 0 Å². The molecule has 0 spiro atoms. The summed E-state index contributed by atoms with van der Waals surface area (Å²) in [6.45, 7) is 10.2. The van der Waals surface area contributed by atoms with Crippen molar-refractivity contribution in [2.45, 2.75) is 58.9 Å². The molecule has 0 saturated carbocycles. The number of nitrogens with zero attached hydrogens (tertiary/aromatic N) is 1. The Morgan fingerprint density at radius 1 is 1.00 bits per heavy atom. The Labute approximate surface area is 125 Å². The second kappa shape index (κ2) is 10.7. The zero-order valence-electron chi connectivity index (χ0n) is 13.6. The fraction of sp³-hybridized carbons (Fsp3) is 0.667. The number of rotatable bonds is 11. The first kappa shape index (κ1) is 17.0. The van der Waals surface area contributed by atoms with E-state index in [-0.39, 0.29) is 0 Å². The van der Waals surface area contributed by atoms with Gasteiger partial charge < -0.3 is 10.2 Å². The van der Waals surface area contributed by atoms with Gasteiger partial charge in [0.25, 0.3) is 0 Å². The van der Waals surface area contributed by atoms with Gasteiger partial charge in [-0.3, -0.25) is 0 Å². The van der Waals surface area contributed by atoms with Gasteiger partial charge in [0, 0.05) is 24.8 Å². The Balaban J connectivity index is 2.34. The van der Waals surface area contributed by atoms with Gasteiger partial charge in [0.05, 0.1) is 0 Å². The molecule has 0 amide bonds. The smallest absolute Gasteiger partial charge is 0.0366 e. The number of hydrogen-bond donors (Lipinski definition) is 1. The topological polar surface area (TPSA) is 15.3 Å². The van der Waals surface area contributed by atoms with Crippen LogP contribution in [-0.2, 0) is 0 Å². The fourth-order valence-corrected chi connectivity index (χ4v) is 2.56. The molecule has 1 N–H and O–H groups in total. The van der Waals surface area contributed by atoms with Crippen molar-refractivity contribution in [1.82, 2.24) is 5.32 Å². The third-order valence-electron chi connectivity index (χ3n) is 3.77. The molecular formula is C18H32N2.